The van der Waals surface area contributed by atoms with Crippen LogP contribution >= 0.6 is 0 Å². The Labute approximate surface area is 187 Å². The molecule has 32 heavy (non-hydrogen) atoms. The number of aromatic nitrogens is 2. The fraction of sp³-hybridized carbons (Fsp3) is 0.375. The summed E-state index contributed by atoms with van der Waals surface area (Å²) in [6.45, 7) is 5.69. The molecule has 0 radical (unpaired) electrons. The number of anilines is 1. The maximum atomic E-state index is 12.6. The summed E-state index contributed by atoms with van der Waals surface area (Å²) in [6.07, 6.45) is 1.23. The molecule has 1 atom stereocenters. The van der Waals surface area contributed by atoms with Crippen molar-refractivity contribution in [2.24, 2.45) is 0 Å². The highest BCUT2D eigenvalue weighted by Gasteiger charge is 2.35. The minimum Gasteiger partial charge on any atom is -0.494 e. The van der Waals surface area contributed by atoms with Crippen molar-refractivity contribution in [2.45, 2.75) is 32.6 Å². The van der Waals surface area contributed by atoms with Gasteiger partial charge in [-0.1, -0.05) is 12.1 Å². The quantitative estimate of drug-likeness (QED) is 0.489. The molecule has 1 unspecified atom stereocenters. The van der Waals surface area contributed by atoms with Gasteiger partial charge in [0.25, 0.3) is 0 Å². The van der Waals surface area contributed by atoms with Crippen molar-refractivity contribution >= 4 is 11.6 Å². The molecule has 3 aromatic rings. The van der Waals surface area contributed by atoms with Gasteiger partial charge in [0.2, 0.25) is 17.6 Å². The molecule has 0 N–H and O–H groups in total. The Hall–Kier alpha value is -3.55. The van der Waals surface area contributed by atoms with Crippen molar-refractivity contribution in [3.05, 3.63) is 48.4 Å². The fourth-order valence-electron chi connectivity index (χ4n) is 3.67. The lowest BCUT2D eigenvalue weighted by atomic mass is 10.1. The molecule has 1 aliphatic rings. The number of methoxy groups -OCH3 is 1. The number of hydrogen-bond donors (Lipinski definition) is 0. The second kappa shape index (κ2) is 9.72. The van der Waals surface area contributed by atoms with E-state index < -0.39 is 0 Å². The lowest BCUT2D eigenvalue weighted by Crippen LogP contribution is -2.24. The van der Waals surface area contributed by atoms with Gasteiger partial charge in [-0.05, 0) is 55.8 Å². The van der Waals surface area contributed by atoms with E-state index in [2.05, 4.69) is 10.1 Å². The van der Waals surface area contributed by atoms with Crippen LogP contribution in [0.15, 0.2) is 47.0 Å². The first kappa shape index (κ1) is 21.7. The monoisotopic (exact) mass is 437 g/mol. The zero-order valence-electron chi connectivity index (χ0n) is 18.5. The molecule has 168 valence electrons. The van der Waals surface area contributed by atoms with Gasteiger partial charge in [0, 0.05) is 24.2 Å². The summed E-state index contributed by atoms with van der Waals surface area (Å²) < 4.78 is 22.1. The molecule has 8 nitrogen and oxygen atoms in total. The minimum atomic E-state index is -0.163. The smallest absolute Gasteiger partial charge is 0.232 e. The van der Waals surface area contributed by atoms with Crippen molar-refractivity contribution in [1.82, 2.24) is 10.1 Å². The Morgan fingerprint density at radius 3 is 2.62 bits per heavy atom. The van der Waals surface area contributed by atoms with Gasteiger partial charge in [-0.25, -0.2) is 0 Å². The van der Waals surface area contributed by atoms with Crippen LogP contribution in [0.2, 0.25) is 0 Å². The number of carbonyl (C=O) groups excluding carboxylic acids is 1. The fourth-order valence-corrected chi connectivity index (χ4v) is 3.67. The van der Waals surface area contributed by atoms with Crippen molar-refractivity contribution in [2.75, 3.05) is 31.8 Å². The maximum Gasteiger partial charge on any atom is 0.232 e. The lowest BCUT2D eigenvalue weighted by molar-refractivity contribution is -0.117. The third-order valence-corrected chi connectivity index (χ3v) is 5.26. The van der Waals surface area contributed by atoms with Gasteiger partial charge in [0.1, 0.15) is 5.75 Å². The first-order valence-electron chi connectivity index (χ1n) is 10.8. The normalized spacial score (nSPS) is 15.8. The second-order valence-corrected chi connectivity index (χ2v) is 7.50. The molecule has 2 aromatic carbocycles. The average molecular weight is 437 g/mol. The summed E-state index contributed by atoms with van der Waals surface area (Å²) in [5.41, 5.74) is 1.58. The topological polar surface area (TPSA) is 86.9 Å². The van der Waals surface area contributed by atoms with Gasteiger partial charge >= 0.3 is 0 Å². The predicted molar refractivity (Wildman–Crippen MR) is 119 cm³/mol. The summed E-state index contributed by atoms with van der Waals surface area (Å²) in [5, 5.41) is 4.12. The first-order chi connectivity index (χ1) is 15.6. The number of ether oxygens (including phenoxy) is 3. The van der Waals surface area contributed by atoms with E-state index in [4.69, 9.17) is 18.7 Å². The van der Waals surface area contributed by atoms with E-state index in [0.29, 0.717) is 49.4 Å². The van der Waals surface area contributed by atoms with Crippen LogP contribution in [0.4, 0.5) is 5.69 Å². The van der Waals surface area contributed by atoms with Gasteiger partial charge in [0.05, 0.1) is 26.2 Å². The Bertz CT molecular complexity index is 1060. The second-order valence-electron chi connectivity index (χ2n) is 7.50. The van der Waals surface area contributed by atoms with Gasteiger partial charge in [0.15, 0.2) is 11.5 Å². The Kier molecular flexibility index (Phi) is 6.58. The predicted octanol–water partition coefficient (Wildman–Crippen LogP) is 4.45. The van der Waals surface area contributed by atoms with Crippen LogP contribution in [0, 0.1) is 0 Å². The number of rotatable bonds is 9. The maximum absolute atomic E-state index is 12.6. The molecule has 1 amide bonds. The van der Waals surface area contributed by atoms with E-state index in [1.807, 2.05) is 56.3 Å². The standard InChI is InChI=1S/C24H27N3O5/c1-4-12-31-20-11-6-16(13-21(20)29-3)23-25-24(32-26-23)17-14-22(28)27(15-17)18-7-9-19(10-8-18)30-5-2/h6-11,13,17H,4-5,12,14-15H2,1-3H3. The molecule has 2 heterocycles. The van der Waals surface area contributed by atoms with Crippen molar-refractivity contribution in [3.8, 4) is 28.6 Å². The summed E-state index contributed by atoms with van der Waals surface area (Å²) in [5.74, 6) is 2.83. The van der Waals surface area contributed by atoms with Crippen molar-refractivity contribution in [1.29, 1.82) is 0 Å². The lowest BCUT2D eigenvalue weighted by Gasteiger charge is -2.16. The molecule has 1 saturated heterocycles. The van der Waals surface area contributed by atoms with Crippen LogP contribution in [0.25, 0.3) is 11.4 Å². The first-order valence-corrected chi connectivity index (χ1v) is 10.8. The van der Waals surface area contributed by atoms with Gasteiger partial charge in [-0.15, -0.1) is 0 Å². The molecule has 0 spiro atoms. The number of amides is 1. The van der Waals surface area contributed by atoms with E-state index >= 15 is 0 Å². The third kappa shape index (κ3) is 4.54. The number of nitrogens with zero attached hydrogens (tertiary/aromatic N) is 3. The molecule has 1 aliphatic heterocycles. The minimum absolute atomic E-state index is 0.0259. The zero-order chi connectivity index (χ0) is 22.5. The SMILES string of the molecule is CCCOc1ccc(-c2noc(C3CC(=O)N(c4ccc(OCC)cc4)C3)n2)cc1OC. The van der Waals surface area contributed by atoms with E-state index in [1.54, 1.807) is 12.0 Å². The molecule has 4 rings (SSSR count). The largest absolute Gasteiger partial charge is 0.494 e. The number of benzene rings is 2. The summed E-state index contributed by atoms with van der Waals surface area (Å²) in [4.78, 5) is 18.9. The highest BCUT2D eigenvalue weighted by atomic mass is 16.5. The van der Waals surface area contributed by atoms with Gasteiger partial charge in [-0.2, -0.15) is 4.98 Å². The average Bonchev–Trinajstić information content (AvgIpc) is 3.45. The molecule has 0 bridgehead atoms. The molecular formula is C24H27N3O5. The number of carbonyl (C=O) groups is 1. The summed E-state index contributed by atoms with van der Waals surface area (Å²) in [7, 11) is 1.60. The van der Waals surface area contributed by atoms with E-state index in [-0.39, 0.29) is 11.8 Å². The van der Waals surface area contributed by atoms with Crippen molar-refractivity contribution < 1.29 is 23.5 Å². The highest BCUT2D eigenvalue weighted by molar-refractivity contribution is 5.96. The van der Waals surface area contributed by atoms with E-state index in [0.717, 1.165) is 23.4 Å². The van der Waals surface area contributed by atoms with E-state index in [1.165, 1.54) is 0 Å². The molecular weight excluding hydrogens is 410 g/mol. The Balaban J connectivity index is 1.48. The molecule has 0 saturated carbocycles. The van der Waals surface area contributed by atoms with Crippen LogP contribution in [-0.2, 0) is 4.79 Å². The zero-order valence-corrected chi connectivity index (χ0v) is 18.5. The van der Waals surface area contributed by atoms with Crippen molar-refractivity contribution in [3.63, 3.8) is 0 Å². The molecule has 0 aliphatic carbocycles. The summed E-state index contributed by atoms with van der Waals surface area (Å²) in [6, 6.07) is 13.0. The third-order valence-electron chi connectivity index (χ3n) is 5.26. The van der Waals surface area contributed by atoms with Gasteiger partial charge < -0.3 is 23.6 Å². The Morgan fingerprint density at radius 1 is 1.09 bits per heavy atom. The van der Waals surface area contributed by atoms with E-state index in [9.17, 15) is 4.79 Å². The molecule has 8 heteroatoms. The highest BCUT2D eigenvalue weighted by Crippen LogP contribution is 2.35. The molecule has 1 fully saturated rings. The van der Waals surface area contributed by atoms with Gasteiger partial charge in [-0.3, -0.25) is 4.79 Å². The molecule has 1 aromatic heterocycles. The Morgan fingerprint density at radius 2 is 1.91 bits per heavy atom. The van der Waals surface area contributed by atoms with Crippen LogP contribution in [0.3, 0.4) is 0 Å². The van der Waals surface area contributed by atoms with Crippen LogP contribution < -0.4 is 19.1 Å². The number of hydrogen-bond acceptors (Lipinski definition) is 7. The summed E-state index contributed by atoms with van der Waals surface area (Å²) >= 11 is 0. The van der Waals surface area contributed by atoms with Crippen LogP contribution in [0.5, 0.6) is 17.2 Å². The van der Waals surface area contributed by atoms with Crippen LogP contribution in [-0.4, -0.2) is 42.9 Å². The van der Waals surface area contributed by atoms with Crippen LogP contribution in [0.1, 0.15) is 38.5 Å².